The molecule has 1 aromatic heterocycles. The molecule has 2 rings (SSSR count). The summed E-state index contributed by atoms with van der Waals surface area (Å²) < 4.78 is 6.45. The number of nitrogens with zero attached hydrogens (tertiary/aromatic N) is 2. The molecule has 1 heterocycles. The van der Waals surface area contributed by atoms with Gasteiger partial charge in [0.2, 0.25) is 5.91 Å². The van der Waals surface area contributed by atoms with E-state index in [9.17, 15) is 19.2 Å². The van der Waals surface area contributed by atoms with Gasteiger partial charge >= 0.3 is 11.8 Å². The number of nitrogen functional groups attached to an aromatic ring is 1. The van der Waals surface area contributed by atoms with Gasteiger partial charge in [0.1, 0.15) is 12.4 Å². The van der Waals surface area contributed by atoms with E-state index in [2.05, 4.69) is 10.3 Å². The van der Waals surface area contributed by atoms with Crippen molar-refractivity contribution in [1.29, 1.82) is 0 Å². The molecular weight excluding hydrogens is 438 g/mol. The molecule has 186 valence electrons. The number of H-pyrrole nitrogens is 1. The predicted octanol–water partition coefficient (Wildman–Crippen LogP) is 2.61. The van der Waals surface area contributed by atoms with Gasteiger partial charge in [0, 0.05) is 26.1 Å². The highest BCUT2D eigenvalue weighted by atomic mass is 16.5. The lowest BCUT2D eigenvalue weighted by Crippen LogP contribution is -2.42. The Morgan fingerprint density at radius 1 is 1.18 bits per heavy atom. The maximum absolute atomic E-state index is 13.0. The van der Waals surface area contributed by atoms with Gasteiger partial charge in [-0.05, 0) is 24.3 Å². The minimum absolute atomic E-state index is 0.00960. The molecule has 0 fully saturated rings. The van der Waals surface area contributed by atoms with E-state index in [-0.39, 0.29) is 49.4 Å². The zero-order chi connectivity index (χ0) is 25.1. The van der Waals surface area contributed by atoms with Crippen LogP contribution in [0.25, 0.3) is 0 Å². The first kappa shape index (κ1) is 26.7. The summed E-state index contributed by atoms with van der Waals surface area (Å²) in [4.78, 5) is 53.4. The molecule has 34 heavy (non-hydrogen) atoms. The van der Waals surface area contributed by atoms with E-state index in [4.69, 9.17) is 10.5 Å². The summed E-state index contributed by atoms with van der Waals surface area (Å²) in [7, 11) is 0. The van der Waals surface area contributed by atoms with Crippen molar-refractivity contribution in [3.63, 3.8) is 0 Å². The lowest BCUT2D eigenvalue weighted by molar-refractivity contribution is -0.118. The van der Waals surface area contributed by atoms with Crippen molar-refractivity contribution in [2.45, 2.75) is 59.6 Å². The topological polar surface area (TPSA) is 140 Å². The fraction of sp³-hybridized carbons (Fsp3) is 0.500. The number of nitrogens with two attached hydrogens (primary N) is 1. The fourth-order valence-electron chi connectivity index (χ4n) is 3.40. The lowest BCUT2D eigenvalue weighted by atomic mass is 10.1. The minimum Gasteiger partial charge on any atom is -0.445 e. The molecular formula is C24H35N5O5. The van der Waals surface area contributed by atoms with Crippen molar-refractivity contribution in [3.05, 3.63) is 56.7 Å². The van der Waals surface area contributed by atoms with E-state index in [0.717, 1.165) is 12.0 Å². The summed E-state index contributed by atoms with van der Waals surface area (Å²) in [6, 6.07) is 9.31. The number of amides is 2. The summed E-state index contributed by atoms with van der Waals surface area (Å²) in [6.45, 7) is 6.83. The number of carbonyl (C=O) groups excluding carboxylic acids is 2. The van der Waals surface area contributed by atoms with Gasteiger partial charge in [-0.1, -0.05) is 57.5 Å². The summed E-state index contributed by atoms with van der Waals surface area (Å²) in [5.74, 6) is -0.269. The van der Waals surface area contributed by atoms with E-state index in [0.29, 0.717) is 19.4 Å². The molecule has 0 unspecified atom stereocenters. The monoisotopic (exact) mass is 473 g/mol. The second kappa shape index (κ2) is 13.2. The molecule has 1 aromatic carbocycles. The molecule has 10 heteroatoms. The normalized spacial score (nSPS) is 10.8. The lowest BCUT2D eigenvalue weighted by Gasteiger charge is -2.26. The first-order valence-electron chi connectivity index (χ1n) is 11.6. The Kier molecular flexibility index (Phi) is 10.4. The van der Waals surface area contributed by atoms with Crippen molar-refractivity contribution in [1.82, 2.24) is 14.9 Å². The summed E-state index contributed by atoms with van der Waals surface area (Å²) in [5.41, 5.74) is 5.78. The Morgan fingerprint density at radius 3 is 2.53 bits per heavy atom. The number of anilines is 2. The Labute approximate surface area is 199 Å². The largest absolute Gasteiger partial charge is 0.445 e. The summed E-state index contributed by atoms with van der Waals surface area (Å²) in [5, 5.41) is 2.62. The zero-order valence-corrected chi connectivity index (χ0v) is 20.1. The summed E-state index contributed by atoms with van der Waals surface area (Å²) >= 11 is 0. The molecule has 0 aliphatic carbocycles. The number of rotatable bonds is 12. The van der Waals surface area contributed by atoms with Crippen LogP contribution in [0.2, 0.25) is 0 Å². The first-order valence-corrected chi connectivity index (χ1v) is 11.6. The van der Waals surface area contributed by atoms with Crippen LogP contribution in [0.15, 0.2) is 39.9 Å². The smallest absolute Gasteiger partial charge is 0.407 e. The highest BCUT2D eigenvalue weighted by Gasteiger charge is 2.24. The van der Waals surface area contributed by atoms with Crippen molar-refractivity contribution < 1.29 is 14.3 Å². The van der Waals surface area contributed by atoms with Gasteiger partial charge < -0.3 is 20.7 Å². The molecule has 0 radical (unpaired) electrons. The predicted molar refractivity (Wildman–Crippen MR) is 132 cm³/mol. The van der Waals surface area contributed by atoms with Crippen LogP contribution in [-0.4, -0.2) is 34.6 Å². The third kappa shape index (κ3) is 7.79. The zero-order valence-electron chi connectivity index (χ0n) is 20.1. The van der Waals surface area contributed by atoms with Gasteiger partial charge in [-0.15, -0.1) is 0 Å². The molecule has 0 bridgehead atoms. The van der Waals surface area contributed by atoms with Gasteiger partial charge in [-0.3, -0.25) is 19.1 Å². The van der Waals surface area contributed by atoms with Crippen molar-refractivity contribution in [2.24, 2.45) is 5.92 Å². The molecule has 0 aliphatic rings. The van der Waals surface area contributed by atoms with Crippen LogP contribution in [0.1, 0.15) is 52.0 Å². The van der Waals surface area contributed by atoms with Crippen LogP contribution >= 0.6 is 0 Å². The number of aromatic amines is 1. The van der Waals surface area contributed by atoms with Gasteiger partial charge in [-0.2, -0.15) is 0 Å². The van der Waals surface area contributed by atoms with Crippen LogP contribution < -0.4 is 27.2 Å². The number of carbonyl (C=O) groups is 2. The molecule has 0 aliphatic heterocycles. The second-order valence-corrected chi connectivity index (χ2v) is 8.49. The van der Waals surface area contributed by atoms with Crippen molar-refractivity contribution >= 4 is 23.5 Å². The van der Waals surface area contributed by atoms with E-state index < -0.39 is 17.3 Å². The Balaban J connectivity index is 2.01. The molecule has 0 spiro atoms. The number of ether oxygens (including phenoxy) is 1. The van der Waals surface area contributed by atoms with Gasteiger partial charge in [0.05, 0.1) is 0 Å². The highest BCUT2D eigenvalue weighted by Crippen LogP contribution is 2.20. The van der Waals surface area contributed by atoms with E-state index >= 15 is 0 Å². The molecule has 0 atom stereocenters. The first-order chi connectivity index (χ1) is 16.2. The van der Waals surface area contributed by atoms with Crippen molar-refractivity contribution in [2.75, 3.05) is 23.7 Å². The molecule has 2 amide bonds. The van der Waals surface area contributed by atoms with Gasteiger partial charge in [-0.25, -0.2) is 9.59 Å². The molecule has 0 saturated heterocycles. The quantitative estimate of drug-likeness (QED) is 0.405. The second-order valence-electron chi connectivity index (χ2n) is 8.49. The van der Waals surface area contributed by atoms with E-state index in [1.165, 1.54) is 9.47 Å². The van der Waals surface area contributed by atoms with Crippen LogP contribution in [0.4, 0.5) is 16.3 Å². The van der Waals surface area contributed by atoms with E-state index in [1.807, 2.05) is 51.1 Å². The average Bonchev–Trinajstić information content (AvgIpc) is 2.80. The third-order valence-electron chi connectivity index (χ3n) is 5.12. The standard InChI is InChI=1S/C24H35N5O5/c1-4-5-14-28-21(25)20(22(31)27-23(28)32)29(15-17(2)3)19(30)12-9-13-26-24(33)34-16-18-10-7-6-8-11-18/h6-8,10-11,17H,4-5,9,12-16,25H2,1-3H3,(H,26,33)(H,27,31,32). The van der Waals surface area contributed by atoms with Gasteiger partial charge in [0.15, 0.2) is 5.69 Å². The number of alkyl carbamates (subject to hydrolysis) is 1. The molecule has 10 nitrogen and oxygen atoms in total. The van der Waals surface area contributed by atoms with Crippen LogP contribution in [0, 0.1) is 5.92 Å². The number of nitrogens with one attached hydrogen (secondary N) is 2. The SMILES string of the molecule is CCCCn1c(N)c(N(CC(C)C)C(=O)CCCNC(=O)OCc2ccccc2)c(=O)[nH]c1=O. The minimum atomic E-state index is -0.688. The maximum atomic E-state index is 13.0. The Hall–Kier alpha value is -3.56. The number of unbranched alkanes of at least 4 members (excludes halogenated alkanes) is 1. The molecule has 4 N–H and O–H groups in total. The number of hydrogen-bond acceptors (Lipinski definition) is 6. The van der Waals surface area contributed by atoms with E-state index in [1.54, 1.807) is 0 Å². The van der Waals surface area contributed by atoms with Crippen LogP contribution in [0.5, 0.6) is 0 Å². The Bertz CT molecular complexity index is 1060. The average molecular weight is 474 g/mol. The summed E-state index contributed by atoms with van der Waals surface area (Å²) in [6.07, 6.45) is 1.41. The number of aromatic nitrogens is 2. The van der Waals surface area contributed by atoms with Crippen molar-refractivity contribution in [3.8, 4) is 0 Å². The molecule has 2 aromatic rings. The van der Waals surface area contributed by atoms with Crippen LogP contribution in [0.3, 0.4) is 0 Å². The van der Waals surface area contributed by atoms with Crippen LogP contribution in [-0.2, 0) is 22.7 Å². The third-order valence-corrected chi connectivity index (χ3v) is 5.12. The van der Waals surface area contributed by atoms with Gasteiger partial charge in [0.25, 0.3) is 5.56 Å². The fourth-order valence-corrected chi connectivity index (χ4v) is 3.40. The number of hydrogen-bond donors (Lipinski definition) is 3. The Morgan fingerprint density at radius 2 is 1.88 bits per heavy atom. The highest BCUT2D eigenvalue weighted by molar-refractivity contribution is 5.95. The number of benzene rings is 1. The maximum Gasteiger partial charge on any atom is 0.407 e. The molecule has 0 saturated carbocycles.